The number of furan rings is 1. The smallest absolute Gasteiger partial charge is 0.317 e. The molecule has 1 unspecified atom stereocenters. The van der Waals surface area contributed by atoms with Gasteiger partial charge in [-0.05, 0) is 43.2 Å². The Morgan fingerprint density at radius 1 is 1.14 bits per heavy atom. The minimum absolute atomic E-state index is 0.00435. The van der Waals surface area contributed by atoms with Gasteiger partial charge in [0.05, 0.1) is 6.26 Å². The third-order valence-electron chi connectivity index (χ3n) is 4.95. The molecule has 1 aromatic rings. The molecule has 0 aromatic carbocycles. The van der Waals surface area contributed by atoms with Crippen LogP contribution in [-0.2, 0) is 0 Å². The van der Waals surface area contributed by atoms with Gasteiger partial charge in [-0.2, -0.15) is 0 Å². The summed E-state index contributed by atoms with van der Waals surface area (Å²) >= 11 is 0. The molecule has 2 saturated heterocycles. The highest BCUT2D eigenvalue weighted by Crippen LogP contribution is 2.32. The maximum absolute atomic E-state index is 12.3. The second-order valence-corrected chi connectivity index (χ2v) is 6.16. The molecular formula is C16H23N3O3. The summed E-state index contributed by atoms with van der Waals surface area (Å²) in [6, 6.07) is 3.48. The Kier molecular flexibility index (Phi) is 4.36. The van der Waals surface area contributed by atoms with Gasteiger partial charge in [0.1, 0.15) is 0 Å². The Hall–Kier alpha value is -1.98. The van der Waals surface area contributed by atoms with Crippen LogP contribution in [0, 0.1) is 11.8 Å². The molecule has 6 heteroatoms. The fourth-order valence-corrected chi connectivity index (χ4v) is 3.64. The summed E-state index contributed by atoms with van der Waals surface area (Å²) in [4.78, 5) is 27.7. The van der Waals surface area contributed by atoms with E-state index in [1.165, 1.54) is 6.26 Å². The molecule has 3 amide bonds. The average molecular weight is 305 g/mol. The van der Waals surface area contributed by atoms with E-state index in [2.05, 4.69) is 5.32 Å². The lowest BCUT2D eigenvalue weighted by molar-refractivity contribution is 0.0745. The van der Waals surface area contributed by atoms with Crippen LogP contribution < -0.4 is 5.32 Å². The Balaban J connectivity index is 1.51. The standard InChI is InChI=1S/C16H23N3O3/c1-17-16(21)18-7-4-12(5-8-18)13-6-9-19(11-13)15(20)14-3-2-10-22-14/h2-3,10,12-13H,4-9,11H2,1H3,(H,17,21). The number of nitrogens with zero attached hydrogens (tertiary/aromatic N) is 2. The van der Waals surface area contributed by atoms with E-state index >= 15 is 0 Å². The van der Waals surface area contributed by atoms with Crippen LogP contribution in [0.5, 0.6) is 0 Å². The van der Waals surface area contributed by atoms with Gasteiger partial charge in [0.2, 0.25) is 0 Å². The Bertz CT molecular complexity index is 521. The molecule has 0 aliphatic carbocycles. The third-order valence-corrected chi connectivity index (χ3v) is 4.95. The van der Waals surface area contributed by atoms with Crippen molar-refractivity contribution in [1.82, 2.24) is 15.1 Å². The molecule has 120 valence electrons. The molecule has 6 nitrogen and oxygen atoms in total. The number of hydrogen-bond acceptors (Lipinski definition) is 3. The van der Waals surface area contributed by atoms with E-state index < -0.39 is 0 Å². The minimum Gasteiger partial charge on any atom is -0.459 e. The number of carbonyl (C=O) groups excluding carboxylic acids is 2. The van der Waals surface area contributed by atoms with Gasteiger partial charge in [-0.3, -0.25) is 4.79 Å². The van der Waals surface area contributed by atoms with Crippen molar-refractivity contribution in [2.24, 2.45) is 11.8 Å². The first kappa shape index (κ1) is 14.9. The molecule has 0 spiro atoms. The van der Waals surface area contributed by atoms with Gasteiger partial charge in [0, 0.05) is 33.2 Å². The second kappa shape index (κ2) is 6.42. The monoisotopic (exact) mass is 305 g/mol. The van der Waals surface area contributed by atoms with Crippen molar-refractivity contribution in [2.45, 2.75) is 19.3 Å². The summed E-state index contributed by atoms with van der Waals surface area (Å²) in [7, 11) is 1.67. The van der Waals surface area contributed by atoms with Crippen LogP contribution in [0.1, 0.15) is 29.8 Å². The Morgan fingerprint density at radius 2 is 1.82 bits per heavy atom. The van der Waals surface area contributed by atoms with E-state index in [-0.39, 0.29) is 11.9 Å². The van der Waals surface area contributed by atoms with E-state index in [1.807, 2.05) is 9.80 Å². The molecule has 0 saturated carbocycles. The van der Waals surface area contributed by atoms with E-state index in [0.29, 0.717) is 17.6 Å². The van der Waals surface area contributed by atoms with Crippen LogP contribution in [-0.4, -0.2) is 55.0 Å². The SMILES string of the molecule is CNC(=O)N1CCC(C2CCN(C(=O)c3ccco3)C2)CC1. The number of amides is 3. The predicted octanol–water partition coefficient (Wildman–Crippen LogP) is 1.79. The Morgan fingerprint density at radius 3 is 2.45 bits per heavy atom. The maximum Gasteiger partial charge on any atom is 0.317 e. The molecule has 1 atom stereocenters. The summed E-state index contributed by atoms with van der Waals surface area (Å²) < 4.78 is 5.20. The molecule has 1 aromatic heterocycles. The van der Waals surface area contributed by atoms with Crippen molar-refractivity contribution >= 4 is 11.9 Å². The topological polar surface area (TPSA) is 65.8 Å². The molecule has 2 aliphatic rings. The van der Waals surface area contributed by atoms with Gasteiger partial charge < -0.3 is 19.5 Å². The number of urea groups is 1. The highest BCUT2D eigenvalue weighted by Gasteiger charge is 2.35. The normalized spacial score (nSPS) is 22.9. The first-order chi connectivity index (χ1) is 10.7. The Labute approximate surface area is 130 Å². The lowest BCUT2D eigenvalue weighted by atomic mass is 9.84. The van der Waals surface area contributed by atoms with Crippen molar-refractivity contribution in [1.29, 1.82) is 0 Å². The van der Waals surface area contributed by atoms with Crippen molar-refractivity contribution in [2.75, 3.05) is 33.2 Å². The summed E-state index contributed by atoms with van der Waals surface area (Å²) in [6.07, 6.45) is 4.65. The summed E-state index contributed by atoms with van der Waals surface area (Å²) in [5, 5.41) is 2.68. The number of likely N-dealkylation sites (tertiary alicyclic amines) is 2. The molecule has 3 rings (SSSR count). The van der Waals surface area contributed by atoms with E-state index in [1.54, 1.807) is 19.2 Å². The predicted molar refractivity (Wildman–Crippen MR) is 81.5 cm³/mol. The highest BCUT2D eigenvalue weighted by atomic mass is 16.3. The zero-order valence-corrected chi connectivity index (χ0v) is 13.0. The van der Waals surface area contributed by atoms with Crippen LogP contribution in [0.3, 0.4) is 0 Å². The van der Waals surface area contributed by atoms with Crippen LogP contribution in [0.25, 0.3) is 0 Å². The van der Waals surface area contributed by atoms with Gasteiger partial charge in [-0.25, -0.2) is 4.79 Å². The summed E-state index contributed by atoms with van der Waals surface area (Å²) in [5.74, 6) is 1.58. The van der Waals surface area contributed by atoms with E-state index in [9.17, 15) is 9.59 Å². The van der Waals surface area contributed by atoms with Gasteiger partial charge in [-0.1, -0.05) is 0 Å². The molecule has 0 radical (unpaired) electrons. The third kappa shape index (κ3) is 2.96. The number of nitrogens with one attached hydrogen (secondary N) is 1. The lowest BCUT2D eigenvalue weighted by Gasteiger charge is -2.34. The first-order valence-corrected chi connectivity index (χ1v) is 7.98. The molecule has 0 bridgehead atoms. The fraction of sp³-hybridized carbons (Fsp3) is 0.625. The zero-order chi connectivity index (χ0) is 15.5. The van der Waals surface area contributed by atoms with Gasteiger partial charge in [0.15, 0.2) is 5.76 Å². The minimum atomic E-state index is -0.00435. The second-order valence-electron chi connectivity index (χ2n) is 6.16. The van der Waals surface area contributed by atoms with Crippen molar-refractivity contribution in [3.05, 3.63) is 24.2 Å². The van der Waals surface area contributed by atoms with Crippen LogP contribution in [0.2, 0.25) is 0 Å². The molecule has 3 heterocycles. The summed E-state index contributed by atoms with van der Waals surface area (Å²) in [6.45, 7) is 3.24. The lowest BCUT2D eigenvalue weighted by Crippen LogP contribution is -2.44. The quantitative estimate of drug-likeness (QED) is 0.906. The number of rotatable bonds is 2. The number of carbonyl (C=O) groups is 2. The number of hydrogen-bond donors (Lipinski definition) is 1. The maximum atomic E-state index is 12.3. The molecule has 1 N–H and O–H groups in total. The van der Waals surface area contributed by atoms with Crippen LogP contribution >= 0.6 is 0 Å². The van der Waals surface area contributed by atoms with Crippen LogP contribution in [0.4, 0.5) is 4.79 Å². The zero-order valence-electron chi connectivity index (χ0n) is 13.0. The fourth-order valence-electron chi connectivity index (χ4n) is 3.64. The summed E-state index contributed by atoms with van der Waals surface area (Å²) in [5.41, 5.74) is 0. The van der Waals surface area contributed by atoms with Crippen molar-refractivity contribution < 1.29 is 14.0 Å². The van der Waals surface area contributed by atoms with Crippen molar-refractivity contribution in [3.8, 4) is 0 Å². The van der Waals surface area contributed by atoms with Crippen LogP contribution in [0.15, 0.2) is 22.8 Å². The van der Waals surface area contributed by atoms with Gasteiger partial charge in [-0.15, -0.1) is 0 Å². The molecule has 22 heavy (non-hydrogen) atoms. The average Bonchev–Trinajstić information content (AvgIpc) is 3.25. The van der Waals surface area contributed by atoms with E-state index in [4.69, 9.17) is 4.42 Å². The van der Waals surface area contributed by atoms with E-state index in [0.717, 1.165) is 45.4 Å². The highest BCUT2D eigenvalue weighted by molar-refractivity contribution is 5.91. The van der Waals surface area contributed by atoms with Gasteiger partial charge >= 0.3 is 6.03 Å². The van der Waals surface area contributed by atoms with Gasteiger partial charge in [0.25, 0.3) is 5.91 Å². The number of piperidine rings is 1. The largest absolute Gasteiger partial charge is 0.459 e. The molecule has 2 fully saturated rings. The molecule has 2 aliphatic heterocycles. The van der Waals surface area contributed by atoms with Crippen molar-refractivity contribution in [3.63, 3.8) is 0 Å². The first-order valence-electron chi connectivity index (χ1n) is 7.98. The molecular weight excluding hydrogens is 282 g/mol.